The first-order chi connectivity index (χ1) is 6.77. The van der Waals surface area contributed by atoms with Crippen LogP contribution >= 0.6 is 0 Å². The summed E-state index contributed by atoms with van der Waals surface area (Å²) >= 11 is 0. The van der Waals surface area contributed by atoms with Gasteiger partial charge in [0.05, 0.1) is 6.61 Å². The molecule has 78 valence electrons. The standard InChI is InChI=1S/C11H16FNO/c1-2-14-11-6-5-9(4-3-7-13)8-10(11)12/h5-6,8H,2-4,7,13H2,1H3. The van der Waals surface area contributed by atoms with E-state index < -0.39 is 0 Å². The van der Waals surface area contributed by atoms with Gasteiger partial charge in [0.25, 0.3) is 0 Å². The van der Waals surface area contributed by atoms with E-state index in [0.717, 1.165) is 18.4 Å². The molecule has 1 aromatic rings. The average molecular weight is 197 g/mol. The zero-order valence-electron chi connectivity index (χ0n) is 8.42. The lowest BCUT2D eigenvalue weighted by molar-refractivity contribution is 0.321. The summed E-state index contributed by atoms with van der Waals surface area (Å²) in [7, 11) is 0. The maximum absolute atomic E-state index is 13.3. The molecular formula is C11H16FNO. The largest absolute Gasteiger partial charge is 0.491 e. The van der Waals surface area contributed by atoms with Gasteiger partial charge in [-0.3, -0.25) is 0 Å². The van der Waals surface area contributed by atoms with Crippen LogP contribution in [-0.4, -0.2) is 13.2 Å². The monoisotopic (exact) mass is 197 g/mol. The Labute approximate surface area is 83.9 Å². The Balaban J connectivity index is 2.68. The van der Waals surface area contributed by atoms with E-state index in [1.165, 1.54) is 6.07 Å². The Kier molecular flexibility index (Phi) is 4.40. The highest BCUT2D eigenvalue weighted by atomic mass is 19.1. The van der Waals surface area contributed by atoms with E-state index in [1.54, 1.807) is 6.07 Å². The first-order valence-corrected chi connectivity index (χ1v) is 4.89. The summed E-state index contributed by atoms with van der Waals surface area (Å²) in [6.07, 6.45) is 1.70. The van der Waals surface area contributed by atoms with Gasteiger partial charge in [-0.2, -0.15) is 0 Å². The van der Waals surface area contributed by atoms with Crippen molar-refractivity contribution in [2.24, 2.45) is 5.73 Å². The molecule has 0 aliphatic carbocycles. The molecule has 0 bridgehead atoms. The minimum Gasteiger partial charge on any atom is -0.491 e. The SMILES string of the molecule is CCOc1ccc(CCCN)cc1F. The van der Waals surface area contributed by atoms with Gasteiger partial charge in [0, 0.05) is 0 Å². The van der Waals surface area contributed by atoms with E-state index in [-0.39, 0.29) is 5.82 Å². The van der Waals surface area contributed by atoms with Crippen molar-refractivity contribution in [3.05, 3.63) is 29.6 Å². The summed E-state index contributed by atoms with van der Waals surface area (Å²) in [5.41, 5.74) is 6.34. The molecule has 2 nitrogen and oxygen atoms in total. The number of rotatable bonds is 5. The molecular weight excluding hydrogens is 181 g/mol. The van der Waals surface area contributed by atoms with Crippen LogP contribution in [0.15, 0.2) is 18.2 Å². The smallest absolute Gasteiger partial charge is 0.165 e. The van der Waals surface area contributed by atoms with Gasteiger partial charge < -0.3 is 10.5 Å². The molecule has 3 heteroatoms. The number of benzene rings is 1. The second kappa shape index (κ2) is 5.60. The van der Waals surface area contributed by atoms with Crippen LogP contribution in [0.25, 0.3) is 0 Å². The molecule has 0 saturated carbocycles. The molecule has 1 rings (SSSR count). The van der Waals surface area contributed by atoms with Gasteiger partial charge >= 0.3 is 0 Å². The van der Waals surface area contributed by atoms with E-state index >= 15 is 0 Å². The van der Waals surface area contributed by atoms with Gasteiger partial charge in [-0.05, 0) is 44.0 Å². The first-order valence-electron chi connectivity index (χ1n) is 4.89. The number of nitrogens with two attached hydrogens (primary N) is 1. The van der Waals surface area contributed by atoms with Crippen molar-refractivity contribution in [2.75, 3.05) is 13.2 Å². The zero-order chi connectivity index (χ0) is 10.4. The maximum Gasteiger partial charge on any atom is 0.165 e. The minimum absolute atomic E-state index is 0.290. The third kappa shape index (κ3) is 3.00. The Morgan fingerprint density at radius 1 is 1.43 bits per heavy atom. The van der Waals surface area contributed by atoms with Crippen molar-refractivity contribution >= 4 is 0 Å². The number of hydrogen-bond acceptors (Lipinski definition) is 2. The van der Waals surface area contributed by atoms with Crippen LogP contribution in [0.3, 0.4) is 0 Å². The molecule has 0 fully saturated rings. The van der Waals surface area contributed by atoms with Gasteiger partial charge in [0.1, 0.15) is 0 Å². The molecule has 0 atom stereocenters. The predicted molar refractivity (Wildman–Crippen MR) is 54.9 cm³/mol. The van der Waals surface area contributed by atoms with Crippen molar-refractivity contribution in [1.82, 2.24) is 0 Å². The van der Waals surface area contributed by atoms with Gasteiger partial charge in [0.2, 0.25) is 0 Å². The van der Waals surface area contributed by atoms with E-state index in [1.807, 2.05) is 13.0 Å². The Bertz CT molecular complexity index is 289. The molecule has 0 aliphatic heterocycles. The molecule has 0 radical (unpaired) electrons. The van der Waals surface area contributed by atoms with Crippen molar-refractivity contribution in [1.29, 1.82) is 0 Å². The first kappa shape index (κ1) is 11.0. The topological polar surface area (TPSA) is 35.2 Å². The highest BCUT2D eigenvalue weighted by Gasteiger charge is 2.03. The molecule has 1 aromatic carbocycles. The molecule has 0 unspecified atom stereocenters. The van der Waals surface area contributed by atoms with Crippen LogP contribution in [0.5, 0.6) is 5.75 Å². The van der Waals surface area contributed by atoms with Crippen LogP contribution in [-0.2, 0) is 6.42 Å². The van der Waals surface area contributed by atoms with Gasteiger partial charge in [0.15, 0.2) is 11.6 Å². The van der Waals surface area contributed by atoms with Gasteiger partial charge in [-0.15, -0.1) is 0 Å². The van der Waals surface area contributed by atoms with Crippen molar-refractivity contribution in [3.8, 4) is 5.75 Å². The van der Waals surface area contributed by atoms with Crippen molar-refractivity contribution in [2.45, 2.75) is 19.8 Å². The highest BCUT2D eigenvalue weighted by Crippen LogP contribution is 2.18. The molecule has 0 heterocycles. The van der Waals surface area contributed by atoms with Crippen LogP contribution in [0.4, 0.5) is 4.39 Å². The van der Waals surface area contributed by atoms with E-state index in [9.17, 15) is 4.39 Å². The van der Waals surface area contributed by atoms with Crippen molar-refractivity contribution in [3.63, 3.8) is 0 Å². The van der Waals surface area contributed by atoms with Crippen molar-refractivity contribution < 1.29 is 9.13 Å². The lowest BCUT2D eigenvalue weighted by Gasteiger charge is -2.06. The quantitative estimate of drug-likeness (QED) is 0.784. The second-order valence-electron chi connectivity index (χ2n) is 3.09. The lowest BCUT2D eigenvalue weighted by Crippen LogP contribution is -2.01. The fourth-order valence-corrected chi connectivity index (χ4v) is 1.28. The summed E-state index contributed by atoms with van der Waals surface area (Å²) in [4.78, 5) is 0. The number of hydrogen-bond donors (Lipinski definition) is 1. The second-order valence-corrected chi connectivity index (χ2v) is 3.09. The third-order valence-electron chi connectivity index (χ3n) is 1.97. The molecule has 2 N–H and O–H groups in total. The normalized spacial score (nSPS) is 10.2. The van der Waals surface area contributed by atoms with Gasteiger partial charge in [-0.25, -0.2) is 4.39 Å². The number of ether oxygens (including phenoxy) is 1. The fraction of sp³-hybridized carbons (Fsp3) is 0.455. The predicted octanol–water partition coefficient (Wildman–Crippen LogP) is 2.12. The van der Waals surface area contributed by atoms with Crippen LogP contribution in [0.1, 0.15) is 18.9 Å². The Hall–Kier alpha value is -1.09. The molecule has 0 saturated heterocycles. The Morgan fingerprint density at radius 3 is 2.79 bits per heavy atom. The highest BCUT2D eigenvalue weighted by molar-refractivity contribution is 5.29. The zero-order valence-corrected chi connectivity index (χ0v) is 8.42. The fourth-order valence-electron chi connectivity index (χ4n) is 1.28. The van der Waals surface area contributed by atoms with Crippen LogP contribution < -0.4 is 10.5 Å². The molecule has 0 aromatic heterocycles. The summed E-state index contributed by atoms with van der Waals surface area (Å²) in [6, 6.07) is 5.06. The molecule has 0 amide bonds. The Morgan fingerprint density at radius 2 is 2.21 bits per heavy atom. The van der Waals surface area contributed by atoms with Gasteiger partial charge in [-0.1, -0.05) is 6.07 Å². The lowest BCUT2D eigenvalue weighted by atomic mass is 10.1. The summed E-state index contributed by atoms with van der Waals surface area (Å²) in [6.45, 7) is 2.95. The molecule has 14 heavy (non-hydrogen) atoms. The number of aryl methyl sites for hydroxylation is 1. The van der Waals surface area contributed by atoms with Crippen LogP contribution in [0, 0.1) is 5.82 Å². The maximum atomic E-state index is 13.3. The molecule has 0 spiro atoms. The summed E-state index contributed by atoms with van der Waals surface area (Å²) in [5.74, 6) is 0.0327. The van der Waals surface area contributed by atoms with E-state index in [4.69, 9.17) is 10.5 Å². The van der Waals surface area contributed by atoms with E-state index in [2.05, 4.69) is 0 Å². The molecule has 0 aliphatic rings. The summed E-state index contributed by atoms with van der Waals surface area (Å²) < 4.78 is 18.4. The van der Waals surface area contributed by atoms with Crippen LogP contribution in [0.2, 0.25) is 0 Å². The third-order valence-corrected chi connectivity index (χ3v) is 1.97. The number of halogens is 1. The van der Waals surface area contributed by atoms with E-state index in [0.29, 0.717) is 18.9 Å². The minimum atomic E-state index is -0.290. The average Bonchev–Trinajstić information content (AvgIpc) is 2.19. The summed E-state index contributed by atoms with van der Waals surface area (Å²) in [5, 5.41) is 0.